The molecule has 0 unspecified atom stereocenters. The number of nitrogens with zero attached hydrogens (tertiary/aromatic N) is 4. The number of H-pyrrole nitrogens is 1. The molecule has 1 saturated heterocycles. The van der Waals surface area contributed by atoms with E-state index in [1.54, 1.807) is 6.20 Å². The van der Waals surface area contributed by atoms with E-state index in [1.165, 1.54) is 0 Å². The molecule has 7 heteroatoms. The van der Waals surface area contributed by atoms with Gasteiger partial charge in [0.15, 0.2) is 0 Å². The molecule has 2 aromatic carbocycles. The molecule has 5 rings (SSSR count). The van der Waals surface area contributed by atoms with E-state index in [-0.39, 0.29) is 18.3 Å². The second-order valence-corrected chi connectivity index (χ2v) is 7.58. The Balaban J connectivity index is 0.00000245. The Morgan fingerprint density at radius 1 is 0.875 bits per heavy atom. The molecule has 1 aliphatic rings. The van der Waals surface area contributed by atoms with Crippen LogP contribution in [0.15, 0.2) is 72.9 Å². The van der Waals surface area contributed by atoms with E-state index in [0.29, 0.717) is 18.7 Å². The summed E-state index contributed by atoms with van der Waals surface area (Å²) in [6.07, 6.45) is 5.81. The van der Waals surface area contributed by atoms with Crippen LogP contribution in [-0.4, -0.2) is 52.2 Å². The molecule has 0 spiro atoms. The number of pyridine rings is 1. The number of aromatic amines is 1. The van der Waals surface area contributed by atoms with Gasteiger partial charge in [-0.25, -0.2) is 4.98 Å². The second-order valence-electron chi connectivity index (χ2n) is 7.58. The maximum absolute atomic E-state index is 12.9. The summed E-state index contributed by atoms with van der Waals surface area (Å²) in [5.41, 5.74) is 3.67. The van der Waals surface area contributed by atoms with Crippen LogP contribution >= 0.6 is 12.4 Å². The van der Waals surface area contributed by atoms with Crippen molar-refractivity contribution in [1.29, 1.82) is 0 Å². The number of piperazine rings is 1. The number of aromatic nitrogens is 3. The molecule has 1 fully saturated rings. The number of benzene rings is 2. The Morgan fingerprint density at radius 2 is 1.62 bits per heavy atom. The zero-order valence-electron chi connectivity index (χ0n) is 17.5. The summed E-state index contributed by atoms with van der Waals surface area (Å²) >= 11 is 0. The molecule has 0 radical (unpaired) electrons. The molecule has 1 aliphatic heterocycles. The molecule has 0 saturated carbocycles. The van der Waals surface area contributed by atoms with Gasteiger partial charge in [0.1, 0.15) is 5.82 Å². The minimum atomic E-state index is 0. The van der Waals surface area contributed by atoms with E-state index in [1.807, 2.05) is 83.8 Å². The van der Waals surface area contributed by atoms with Crippen LogP contribution in [0.4, 0.5) is 5.82 Å². The summed E-state index contributed by atoms with van der Waals surface area (Å²) in [5, 5.41) is 8.50. The van der Waals surface area contributed by atoms with Crippen molar-refractivity contribution in [3.05, 3.63) is 89.7 Å². The summed E-state index contributed by atoms with van der Waals surface area (Å²) in [7, 11) is 0. The second kappa shape index (κ2) is 9.66. The highest BCUT2D eigenvalue weighted by Gasteiger charge is 2.22. The van der Waals surface area contributed by atoms with Gasteiger partial charge >= 0.3 is 0 Å². The van der Waals surface area contributed by atoms with Gasteiger partial charge in [0, 0.05) is 43.3 Å². The van der Waals surface area contributed by atoms with Crippen LogP contribution in [0.5, 0.6) is 0 Å². The Morgan fingerprint density at radius 3 is 2.38 bits per heavy atom. The third-order valence-corrected chi connectivity index (χ3v) is 5.63. The standard InChI is InChI=1S/C25H23N5O.ClH/c31-25(30-17-15-29(16-18-30)24-7-3-4-14-26-24)20-11-8-19(9-12-20)10-13-23-21-5-1-2-6-22(21)27-28-23;/h1-14H,15-18H2,(H,27,28);1H. The van der Waals surface area contributed by atoms with Crippen LogP contribution in [0.2, 0.25) is 0 Å². The SMILES string of the molecule is Cl.O=C(c1ccc(C=Cc2n[nH]c3ccccc23)cc1)N1CCN(c2ccccn2)CC1. The maximum Gasteiger partial charge on any atom is 0.253 e. The quantitative estimate of drug-likeness (QED) is 0.502. The van der Waals surface area contributed by atoms with Crippen molar-refractivity contribution in [1.82, 2.24) is 20.1 Å². The van der Waals surface area contributed by atoms with Crippen molar-refractivity contribution in [2.24, 2.45) is 0 Å². The number of fused-ring (bicyclic) bond motifs is 1. The summed E-state index contributed by atoms with van der Waals surface area (Å²) in [6.45, 7) is 2.98. The minimum Gasteiger partial charge on any atom is -0.353 e. The predicted molar refractivity (Wildman–Crippen MR) is 131 cm³/mol. The molecule has 4 aromatic rings. The third kappa shape index (κ3) is 4.50. The largest absolute Gasteiger partial charge is 0.353 e. The van der Waals surface area contributed by atoms with Gasteiger partial charge < -0.3 is 9.80 Å². The number of rotatable bonds is 4. The predicted octanol–water partition coefficient (Wildman–Crippen LogP) is 4.51. The number of hydrogen-bond acceptors (Lipinski definition) is 4. The lowest BCUT2D eigenvalue weighted by Crippen LogP contribution is -2.49. The van der Waals surface area contributed by atoms with Crippen molar-refractivity contribution in [2.75, 3.05) is 31.1 Å². The van der Waals surface area contributed by atoms with E-state index in [9.17, 15) is 4.79 Å². The number of amides is 1. The Labute approximate surface area is 193 Å². The number of hydrogen-bond donors (Lipinski definition) is 1. The van der Waals surface area contributed by atoms with Crippen molar-refractivity contribution < 1.29 is 4.79 Å². The smallest absolute Gasteiger partial charge is 0.253 e. The number of carbonyl (C=O) groups is 1. The molecule has 32 heavy (non-hydrogen) atoms. The van der Waals surface area contributed by atoms with Gasteiger partial charge in [0.2, 0.25) is 0 Å². The highest BCUT2D eigenvalue weighted by Crippen LogP contribution is 2.19. The fourth-order valence-corrected chi connectivity index (χ4v) is 3.89. The van der Waals surface area contributed by atoms with E-state index in [2.05, 4.69) is 20.1 Å². The molecular formula is C25H24ClN5O. The van der Waals surface area contributed by atoms with Gasteiger partial charge in [0.25, 0.3) is 5.91 Å². The summed E-state index contributed by atoms with van der Waals surface area (Å²) in [4.78, 5) is 21.4. The number of para-hydroxylation sites is 1. The molecular weight excluding hydrogens is 422 g/mol. The topological polar surface area (TPSA) is 65.1 Å². The lowest BCUT2D eigenvalue weighted by molar-refractivity contribution is 0.0746. The van der Waals surface area contributed by atoms with E-state index < -0.39 is 0 Å². The first-order valence-corrected chi connectivity index (χ1v) is 10.4. The van der Waals surface area contributed by atoms with Gasteiger partial charge in [-0.2, -0.15) is 5.10 Å². The fraction of sp³-hybridized carbons (Fsp3) is 0.160. The first kappa shape index (κ1) is 21.6. The van der Waals surface area contributed by atoms with Gasteiger partial charge in [-0.05, 0) is 42.0 Å². The molecule has 1 amide bonds. The molecule has 0 bridgehead atoms. The van der Waals surface area contributed by atoms with Crippen molar-refractivity contribution in [3.8, 4) is 0 Å². The Bertz CT molecular complexity index is 1210. The number of carbonyl (C=O) groups excluding carboxylic acids is 1. The maximum atomic E-state index is 12.9. The fourth-order valence-electron chi connectivity index (χ4n) is 3.89. The van der Waals surface area contributed by atoms with Crippen LogP contribution in [0.3, 0.4) is 0 Å². The van der Waals surface area contributed by atoms with Crippen molar-refractivity contribution in [3.63, 3.8) is 0 Å². The van der Waals surface area contributed by atoms with Crippen molar-refractivity contribution in [2.45, 2.75) is 0 Å². The molecule has 2 aromatic heterocycles. The average molecular weight is 446 g/mol. The van der Waals surface area contributed by atoms with E-state index >= 15 is 0 Å². The first-order valence-electron chi connectivity index (χ1n) is 10.4. The highest BCUT2D eigenvalue weighted by molar-refractivity contribution is 5.95. The van der Waals surface area contributed by atoms with Gasteiger partial charge in [-0.1, -0.05) is 42.5 Å². The van der Waals surface area contributed by atoms with Gasteiger partial charge in [0.05, 0.1) is 11.2 Å². The van der Waals surface area contributed by atoms with E-state index in [4.69, 9.17) is 0 Å². The number of anilines is 1. The van der Waals surface area contributed by atoms with Crippen LogP contribution in [-0.2, 0) is 0 Å². The van der Waals surface area contributed by atoms with Crippen molar-refractivity contribution >= 4 is 47.2 Å². The van der Waals surface area contributed by atoms with Gasteiger partial charge in [-0.3, -0.25) is 9.89 Å². The van der Waals surface area contributed by atoms with Gasteiger partial charge in [-0.15, -0.1) is 12.4 Å². The summed E-state index contributed by atoms with van der Waals surface area (Å²) in [6, 6.07) is 21.7. The molecule has 6 nitrogen and oxygen atoms in total. The molecule has 1 N–H and O–H groups in total. The lowest BCUT2D eigenvalue weighted by Gasteiger charge is -2.35. The van der Waals surface area contributed by atoms with Crippen LogP contribution in [0.25, 0.3) is 23.1 Å². The normalized spacial score (nSPS) is 14.0. The first-order chi connectivity index (χ1) is 15.3. The molecule has 3 heterocycles. The Kier molecular flexibility index (Phi) is 6.52. The third-order valence-electron chi connectivity index (χ3n) is 5.63. The number of nitrogens with one attached hydrogen (secondary N) is 1. The zero-order chi connectivity index (χ0) is 21.0. The highest BCUT2D eigenvalue weighted by atomic mass is 35.5. The summed E-state index contributed by atoms with van der Waals surface area (Å²) in [5.74, 6) is 1.05. The van der Waals surface area contributed by atoms with E-state index in [0.717, 1.165) is 41.1 Å². The monoisotopic (exact) mass is 445 g/mol. The summed E-state index contributed by atoms with van der Waals surface area (Å²) < 4.78 is 0. The van der Waals surface area contributed by atoms with Crippen LogP contribution < -0.4 is 4.90 Å². The molecule has 0 aliphatic carbocycles. The average Bonchev–Trinajstić information content (AvgIpc) is 3.26. The molecule has 162 valence electrons. The van der Waals surface area contributed by atoms with Crippen LogP contribution in [0.1, 0.15) is 21.6 Å². The zero-order valence-corrected chi connectivity index (χ0v) is 18.3. The van der Waals surface area contributed by atoms with Crippen LogP contribution in [0, 0.1) is 0 Å². The lowest BCUT2D eigenvalue weighted by atomic mass is 10.1. The number of halogens is 1. The molecule has 0 atom stereocenters. The minimum absolute atomic E-state index is 0. The Hall–Kier alpha value is -3.64.